The molecular weight excluding hydrogens is 328 g/mol. The molecule has 26 heavy (non-hydrogen) atoms. The van der Waals surface area contributed by atoms with E-state index in [1.165, 1.54) is 5.56 Å². The molecule has 0 aliphatic carbocycles. The molecular formula is C20H22N4O2. The molecule has 1 heterocycles. The molecule has 0 fully saturated rings. The SMILES string of the molecule is COc1cc(NC(=O)[C@H](N)CCc2ccccc2)ccc1-c1cn[nH]c1. The summed E-state index contributed by atoms with van der Waals surface area (Å²) < 4.78 is 5.43. The van der Waals surface area contributed by atoms with E-state index in [0.717, 1.165) is 17.5 Å². The van der Waals surface area contributed by atoms with Gasteiger partial charge in [-0.3, -0.25) is 9.89 Å². The number of hydrogen-bond acceptors (Lipinski definition) is 4. The van der Waals surface area contributed by atoms with Gasteiger partial charge in [-0.1, -0.05) is 30.3 Å². The Morgan fingerprint density at radius 3 is 2.77 bits per heavy atom. The molecule has 0 saturated carbocycles. The second kappa shape index (κ2) is 8.31. The maximum Gasteiger partial charge on any atom is 0.241 e. The zero-order valence-electron chi connectivity index (χ0n) is 14.6. The van der Waals surface area contributed by atoms with Crippen molar-refractivity contribution < 1.29 is 9.53 Å². The van der Waals surface area contributed by atoms with E-state index in [0.29, 0.717) is 17.9 Å². The summed E-state index contributed by atoms with van der Waals surface area (Å²) in [4.78, 5) is 12.4. The first-order valence-corrected chi connectivity index (χ1v) is 8.45. The van der Waals surface area contributed by atoms with Crippen LogP contribution >= 0.6 is 0 Å². The number of nitrogens with zero attached hydrogens (tertiary/aromatic N) is 1. The fourth-order valence-corrected chi connectivity index (χ4v) is 2.74. The summed E-state index contributed by atoms with van der Waals surface area (Å²) in [6.07, 6.45) is 4.85. The summed E-state index contributed by atoms with van der Waals surface area (Å²) in [5, 5.41) is 9.58. The molecule has 0 aliphatic rings. The Bertz CT molecular complexity index is 848. The van der Waals surface area contributed by atoms with Gasteiger partial charge < -0.3 is 15.8 Å². The zero-order chi connectivity index (χ0) is 18.4. The number of carbonyl (C=O) groups is 1. The van der Waals surface area contributed by atoms with E-state index in [2.05, 4.69) is 15.5 Å². The Hall–Kier alpha value is -3.12. The summed E-state index contributed by atoms with van der Waals surface area (Å²) in [6, 6.07) is 14.9. The highest BCUT2D eigenvalue weighted by atomic mass is 16.5. The number of amides is 1. The van der Waals surface area contributed by atoms with Crippen LogP contribution in [0.1, 0.15) is 12.0 Å². The number of methoxy groups -OCH3 is 1. The third-order valence-electron chi connectivity index (χ3n) is 4.20. The van der Waals surface area contributed by atoms with Crippen molar-refractivity contribution in [2.45, 2.75) is 18.9 Å². The Labute approximate surface area is 152 Å². The molecule has 0 saturated heterocycles. The van der Waals surface area contributed by atoms with Crippen LogP contribution in [0.4, 0.5) is 5.69 Å². The van der Waals surface area contributed by atoms with Crippen molar-refractivity contribution in [3.8, 4) is 16.9 Å². The van der Waals surface area contributed by atoms with Crippen LogP contribution in [-0.4, -0.2) is 29.3 Å². The lowest BCUT2D eigenvalue weighted by Gasteiger charge is -2.14. The Balaban J connectivity index is 1.63. The van der Waals surface area contributed by atoms with Crippen LogP contribution in [0.15, 0.2) is 60.9 Å². The fourth-order valence-electron chi connectivity index (χ4n) is 2.74. The van der Waals surface area contributed by atoms with Gasteiger partial charge in [-0.25, -0.2) is 0 Å². The molecule has 3 rings (SSSR count). The van der Waals surface area contributed by atoms with Crippen LogP contribution in [0.2, 0.25) is 0 Å². The van der Waals surface area contributed by atoms with Gasteiger partial charge in [0.05, 0.1) is 19.3 Å². The Kier molecular flexibility index (Phi) is 5.66. The van der Waals surface area contributed by atoms with Gasteiger partial charge in [-0.2, -0.15) is 5.10 Å². The molecule has 134 valence electrons. The van der Waals surface area contributed by atoms with Crippen LogP contribution in [0.25, 0.3) is 11.1 Å². The molecule has 0 bridgehead atoms. The van der Waals surface area contributed by atoms with Crippen LogP contribution in [0, 0.1) is 0 Å². The van der Waals surface area contributed by atoms with Crippen molar-refractivity contribution in [2.75, 3.05) is 12.4 Å². The van der Waals surface area contributed by atoms with E-state index in [-0.39, 0.29) is 5.91 Å². The molecule has 0 aliphatic heterocycles. The maximum absolute atomic E-state index is 12.4. The number of aromatic amines is 1. The molecule has 6 nitrogen and oxygen atoms in total. The van der Waals surface area contributed by atoms with Gasteiger partial charge in [0.1, 0.15) is 5.75 Å². The first-order valence-electron chi connectivity index (χ1n) is 8.45. The highest BCUT2D eigenvalue weighted by Gasteiger charge is 2.15. The van der Waals surface area contributed by atoms with Crippen molar-refractivity contribution >= 4 is 11.6 Å². The van der Waals surface area contributed by atoms with Crippen molar-refractivity contribution in [3.05, 3.63) is 66.5 Å². The number of carbonyl (C=O) groups excluding carboxylic acids is 1. The Morgan fingerprint density at radius 2 is 2.08 bits per heavy atom. The summed E-state index contributed by atoms with van der Waals surface area (Å²) in [5.74, 6) is 0.445. The quantitative estimate of drug-likeness (QED) is 0.611. The third-order valence-corrected chi connectivity index (χ3v) is 4.20. The largest absolute Gasteiger partial charge is 0.496 e. The standard InChI is InChI=1S/C20H22N4O2/c1-26-19-11-16(8-9-17(19)15-12-22-23-13-15)24-20(25)18(21)10-7-14-5-3-2-4-6-14/h2-6,8-9,11-13,18H,7,10,21H2,1H3,(H,22,23)(H,24,25)/t18-/m1/s1. The van der Waals surface area contributed by atoms with Gasteiger partial charge in [0.25, 0.3) is 0 Å². The van der Waals surface area contributed by atoms with Gasteiger partial charge in [0.15, 0.2) is 0 Å². The molecule has 1 atom stereocenters. The Morgan fingerprint density at radius 1 is 1.27 bits per heavy atom. The number of H-pyrrole nitrogens is 1. The lowest BCUT2D eigenvalue weighted by Crippen LogP contribution is -2.36. The first kappa shape index (κ1) is 17.7. The minimum atomic E-state index is -0.574. The number of ether oxygens (including phenoxy) is 1. The summed E-state index contributed by atoms with van der Waals surface area (Å²) in [6.45, 7) is 0. The van der Waals surface area contributed by atoms with E-state index in [9.17, 15) is 4.79 Å². The number of anilines is 1. The van der Waals surface area contributed by atoms with Gasteiger partial charge in [0, 0.05) is 29.1 Å². The third kappa shape index (κ3) is 4.29. The number of rotatable bonds is 7. The van der Waals surface area contributed by atoms with E-state index in [4.69, 9.17) is 10.5 Å². The molecule has 4 N–H and O–H groups in total. The number of aromatic nitrogens is 2. The van der Waals surface area contributed by atoms with Crippen molar-refractivity contribution in [3.63, 3.8) is 0 Å². The number of nitrogens with one attached hydrogen (secondary N) is 2. The molecule has 6 heteroatoms. The topological polar surface area (TPSA) is 93.0 Å². The summed E-state index contributed by atoms with van der Waals surface area (Å²) >= 11 is 0. The molecule has 3 aromatic rings. The number of hydrogen-bond donors (Lipinski definition) is 3. The van der Waals surface area contributed by atoms with Crippen molar-refractivity contribution in [2.24, 2.45) is 5.73 Å². The van der Waals surface area contributed by atoms with Crippen molar-refractivity contribution in [1.29, 1.82) is 0 Å². The summed E-state index contributed by atoms with van der Waals surface area (Å²) in [7, 11) is 1.59. The predicted molar refractivity (Wildman–Crippen MR) is 102 cm³/mol. The minimum absolute atomic E-state index is 0.209. The van der Waals surface area contributed by atoms with E-state index < -0.39 is 6.04 Å². The number of aryl methyl sites for hydroxylation is 1. The average Bonchev–Trinajstić information content (AvgIpc) is 3.21. The van der Waals surface area contributed by atoms with Gasteiger partial charge in [-0.05, 0) is 30.5 Å². The molecule has 0 spiro atoms. The second-order valence-corrected chi connectivity index (χ2v) is 6.02. The van der Waals surface area contributed by atoms with E-state index >= 15 is 0 Å². The molecule has 2 aromatic carbocycles. The summed E-state index contributed by atoms with van der Waals surface area (Å²) in [5.41, 5.74) is 9.66. The van der Waals surface area contributed by atoms with Gasteiger partial charge in [0.2, 0.25) is 5.91 Å². The molecule has 0 unspecified atom stereocenters. The van der Waals surface area contributed by atoms with Crippen LogP contribution in [0.5, 0.6) is 5.75 Å². The van der Waals surface area contributed by atoms with Crippen molar-refractivity contribution in [1.82, 2.24) is 10.2 Å². The molecule has 1 aromatic heterocycles. The highest BCUT2D eigenvalue weighted by Crippen LogP contribution is 2.31. The van der Waals surface area contributed by atoms with Crippen LogP contribution < -0.4 is 15.8 Å². The first-order chi connectivity index (χ1) is 12.7. The average molecular weight is 350 g/mol. The maximum atomic E-state index is 12.4. The lowest BCUT2D eigenvalue weighted by atomic mass is 10.0. The smallest absolute Gasteiger partial charge is 0.241 e. The lowest BCUT2D eigenvalue weighted by molar-refractivity contribution is -0.117. The van der Waals surface area contributed by atoms with E-state index in [1.54, 1.807) is 25.6 Å². The zero-order valence-corrected chi connectivity index (χ0v) is 14.6. The predicted octanol–water partition coefficient (Wildman–Crippen LogP) is 2.98. The van der Waals surface area contributed by atoms with E-state index in [1.807, 2.05) is 42.5 Å². The molecule has 0 radical (unpaired) electrons. The number of nitrogens with two attached hydrogens (primary N) is 1. The second-order valence-electron chi connectivity index (χ2n) is 6.02. The fraction of sp³-hybridized carbons (Fsp3) is 0.200. The monoisotopic (exact) mass is 350 g/mol. The minimum Gasteiger partial charge on any atom is -0.496 e. The van der Waals surface area contributed by atoms with Crippen LogP contribution in [-0.2, 0) is 11.2 Å². The van der Waals surface area contributed by atoms with Crippen LogP contribution in [0.3, 0.4) is 0 Å². The highest BCUT2D eigenvalue weighted by molar-refractivity contribution is 5.95. The molecule has 1 amide bonds. The normalized spacial score (nSPS) is 11.8. The van der Waals surface area contributed by atoms with Gasteiger partial charge in [-0.15, -0.1) is 0 Å². The number of benzene rings is 2. The van der Waals surface area contributed by atoms with Gasteiger partial charge >= 0.3 is 0 Å².